The van der Waals surface area contributed by atoms with Crippen molar-refractivity contribution >= 4 is 11.8 Å². The molecule has 1 aliphatic heterocycles. The summed E-state index contributed by atoms with van der Waals surface area (Å²) in [6.07, 6.45) is 4.18. The van der Waals surface area contributed by atoms with Crippen LogP contribution in [0.5, 0.6) is 0 Å². The lowest BCUT2D eigenvalue weighted by atomic mass is 9.99. The fourth-order valence-electron chi connectivity index (χ4n) is 3.00. The Balaban J connectivity index is 2.62. The van der Waals surface area contributed by atoms with Crippen LogP contribution in [0.4, 0.5) is 0 Å². The second-order valence-electron chi connectivity index (χ2n) is 6.15. The molecule has 3 unspecified atom stereocenters. The molecule has 20 heavy (non-hydrogen) atoms. The number of nitrogens with one attached hydrogen (secondary N) is 1. The van der Waals surface area contributed by atoms with Crippen LogP contribution in [0.2, 0.25) is 0 Å². The molecule has 0 radical (unpaired) electrons. The van der Waals surface area contributed by atoms with Gasteiger partial charge in [0.05, 0.1) is 12.5 Å². The molecule has 116 valence electrons. The van der Waals surface area contributed by atoms with Crippen LogP contribution >= 0.6 is 0 Å². The maximum absolute atomic E-state index is 12.4. The molecule has 1 N–H and O–H groups in total. The molecule has 1 aliphatic rings. The maximum Gasteiger partial charge on any atom is 0.247 e. The zero-order valence-electron chi connectivity index (χ0n) is 13.6. The molecular formula is C16H30N2O2. The molecule has 0 aromatic rings. The van der Waals surface area contributed by atoms with Crippen LogP contribution in [0, 0.1) is 5.92 Å². The first kappa shape index (κ1) is 17.2. The highest BCUT2D eigenvalue weighted by Gasteiger charge is 2.41. The van der Waals surface area contributed by atoms with Crippen LogP contribution < -0.4 is 5.32 Å². The Morgan fingerprint density at radius 2 is 1.75 bits per heavy atom. The molecule has 0 aromatic heterocycles. The van der Waals surface area contributed by atoms with Gasteiger partial charge >= 0.3 is 0 Å². The number of likely N-dealkylation sites (tertiary alicyclic amines) is 1. The van der Waals surface area contributed by atoms with E-state index in [1.807, 2.05) is 13.8 Å². The fraction of sp³-hybridized carbons (Fsp3) is 0.875. The van der Waals surface area contributed by atoms with Gasteiger partial charge in [-0.3, -0.25) is 14.5 Å². The third-order valence-electron chi connectivity index (χ3n) is 4.43. The predicted octanol–water partition coefficient (Wildman–Crippen LogP) is 2.72. The van der Waals surface area contributed by atoms with Gasteiger partial charge in [0.15, 0.2) is 0 Å². The smallest absolute Gasteiger partial charge is 0.247 e. The molecule has 1 saturated heterocycles. The van der Waals surface area contributed by atoms with E-state index in [9.17, 15) is 9.59 Å². The molecule has 0 bridgehead atoms. The Morgan fingerprint density at radius 3 is 2.25 bits per heavy atom. The standard InChI is InChI=1S/C16H30N2O2/c1-6-11(4)9-12(5)17-14-10-15(19)18(16(14)20)13(7-2)8-3/h11-14,17H,6-10H2,1-5H3. The summed E-state index contributed by atoms with van der Waals surface area (Å²) in [6.45, 7) is 10.6. The van der Waals surface area contributed by atoms with Crippen molar-refractivity contribution in [2.45, 2.75) is 84.8 Å². The lowest BCUT2D eigenvalue weighted by molar-refractivity contribution is -0.141. The number of carbonyl (C=O) groups excluding carboxylic acids is 2. The van der Waals surface area contributed by atoms with Crippen molar-refractivity contribution in [1.29, 1.82) is 0 Å². The highest BCUT2D eigenvalue weighted by molar-refractivity contribution is 6.05. The molecule has 0 aliphatic carbocycles. The van der Waals surface area contributed by atoms with E-state index in [2.05, 4.69) is 26.1 Å². The summed E-state index contributed by atoms with van der Waals surface area (Å²) in [7, 11) is 0. The van der Waals surface area contributed by atoms with Gasteiger partial charge in [0.1, 0.15) is 0 Å². The predicted molar refractivity (Wildman–Crippen MR) is 81.3 cm³/mol. The first-order valence-corrected chi connectivity index (χ1v) is 8.06. The molecule has 0 aromatic carbocycles. The van der Waals surface area contributed by atoms with E-state index < -0.39 is 0 Å². The zero-order valence-corrected chi connectivity index (χ0v) is 13.6. The molecule has 3 atom stereocenters. The Morgan fingerprint density at radius 1 is 1.15 bits per heavy atom. The van der Waals surface area contributed by atoms with Crippen molar-refractivity contribution in [2.75, 3.05) is 0 Å². The van der Waals surface area contributed by atoms with E-state index in [1.165, 1.54) is 4.90 Å². The minimum atomic E-state index is -0.317. The van der Waals surface area contributed by atoms with E-state index in [0.717, 1.165) is 25.7 Å². The number of amides is 2. The van der Waals surface area contributed by atoms with E-state index in [0.29, 0.717) is 12.3 Å². The molecule has 1 fully saturated rings. The Labute approximate surface area is 123 Å². The average Bonchev–Trinajstić information content (AvgIpc) is 2.67. The summed E-state index contributed by atoms with van der Waals surface area (Å²) in [6, 6.07) is 0.0159. The van der Waals surface area contributed by atoms with Crippen LogP contribution in [-0.4, -0.2) is 34.8 Å². The SMILES string of the molecule is CCC(C)CC(C)NC1CC(=O)N(C(CC)CC)C1=O. The van der Waals surface area contributed by atoms with Crippen molar-refractivity contribution in [3.05, 3.63) is 0 Å². The quantitative estimate of drug-likeness (QED) is 0.696. The molecule has 4 heteroatoms. The van der Waals surface area contributed by atoms with Gasteiger partial charge in [-0.05, 0) is 32.1 Å². The molecule has 1 rings (SSSR count). The summed E-state index contributed by atoms with van der Waals surface area (Å²) in [5.41, 5.74) is 0. The van der Waals surface area contributed by atoms with Gasteiger partial charge < -0.3 is 5.32 Å². The number of hydrogen-bond donors (Lipinski definition) is 1. The second-order valence-corrected chi connectivity index (χ2v) is 6.15. The van der Waals surface area contributed by atoms with Crippen LogP contribution in [0.3, 0.4) is 0 Å². The second kappa shape index (κ2) is 7.77. The lowest BCUT2D eigenvalue weighted by Gasteiger charge is -2.25. The third-order valence-corrected chi connectivity index (χ3v) is 4.43. The first-order chi connectivity index (χ1) is 9.44. The number of nitrogens with zero attached hydrogens (tertiary/aromatic N) is 1. The van der Waals surface area contributed by atoms with Gasteiger partial charge in [-0.1, -0.05) is 34.1 Å². The van der Waals surface area contributed by atoms with Crippen LogP contribution in [0.1, 0.15) is 66.7 Å². The minimum Gasteiger partial charge on any atom is -0.303 e. The number of imide groups is 1. The van der Waals surface area contributed by atoms with Gasteiger partial charge in [0, 0.05) is 12.1 Å². The Bertz CT molecular complexity index is 339. The summed E-state index contributed by atoms with van der Waals surface area (Å²) >= 11 is 0. The van der Waals surface area contributed by atoms with Gasteiger partial charge in [-0.25, -0.2) is 0 Å². The van der Waals surface area contributed by atoms with Gasteiger partial charge in [0.2, 0.25) is 11.8 Å². The molecule has 0 spiro atoms. The van der Waals surface area contributed by atoms with Crippen LogP contribution in [-0.2, 0) is 9.59 Å². The van der Waals surface area contributed by atoms with Crippen molar-refractivity contribution in [1.82, 2.24) is 10.2 Å². The normalized spacial score (nSPS) is 22.7. The molecule has 2 amide bonds. The van der Waals surface area contributed by atoms with Crippen molar-refractivity contribution in [2.24, 2.45) is 5.92 Å². The van der Waals surface area contributed by atoms with Gasteiger partial charge in [0.25, 0.3) is 0 Å². The van der Waals surface area contributed by atoms with Crippen molar-refractivity contribution in [3.8, 4) is 0 Å². The molecular weight excluding hydrogens is 252 g/mol. The van der Waals surface area contributed by atoms with E-state index in [-0.39, 0.29) is 29.9 Å². The summed E-state index contributed by atoms with van der Waals surface area (Å²) < 4.78 is 0. The highest BCUT2D eigenvalue weighted by Crippen LogP contribution is 2.21. The number of carbonyl (C=O) groups is 2. The molecule has 4 nitrogen and oxygen atoms in total. The first-order valence-electron chi connectivity index (χ1n) is 8.06. The fourth-order valence-corrected chi connectivity index (χ4v) is 3.00. The monoisotopic (exact) mass is 282 g/mol. The minimum absolute atomic E-state index is 0.0167. The zero-order chi connectivity index (χ0) is 15.3. The Hall–Kier alpha value is -0.900. The van der Waals surface area contributed by atoms with Crippen LogP contribution in [0.15, 0.2) is 0 Å². The maximum atomic E-state index is 12.4. The van der Waals surface area contributed by atoms with E-state index in [1.54, 1.807) is 0 Å². The topological polar surface area (TPSA) is 49.4 Å². The highest BCUT2D eigenvalue weighted by atomic mass is 16.2. The average molecular weight is 282 g/mol. The summed E-state index contributed by atoms with van der Waals surface area (Å²) in [4.78, 5) is 26.0. The van der Waals surface area contributed by atoms with E-state index >= 15 is 0 Å². The van der Waals surface area contributed by atoms with Crippen molar-refractivity contribution < 1.29 is 9.59 Å². The molecule has 0 saturated carbocycles. The van der Waals surface area contributed by atoms with Gasteiger partial charge in [-0.2, -0.15) is 0 Å². The van der Waals surface area contributed by atoms with Crippen LogP contribution in [0.25, 0.3) is 0 Å². The number of hydrogen-bond acceptors (Lipinski definition) is 3. The van der Waals surface area contributed by atoms with Crippen molar-refractivity contribution in [3.63, 3.8) is 0 Å². The van der Waals surface area contributed by atoms with E-state index in [4.69, 9.17) is 0 Å². The molecule has 1 heterocycles. The third kappa shape index (κ3) is 4.05. The largest absolute Gasteiger partial charge is 0.303 e. The van der Waals surface area contributed by atoms with Gasteiger partial charge in [-0.15, -0.1) is 0 Å². The summed E-state index contributed by atoms with van der Waals surface area (Å²) in [5, 5.41) is 3.35. The summed E-state index contributed by atoms with van der Waals surface area (Å²) in [5.74, 6) is 0.594. The Kier molecular flexibility index (Phi) is 6.66. The number of rotatable bonds is 8. The lowest BCUT2D eigenvalue weighted by Crippen LogP contribution is -2.46.